The predicted octanol–water partition coefficient (Wildman–Crippen LogP) is 2.31. The summed E-state index contributed by atoms with van der Waals surface area (Å²) in [6.07, 6.45) is 2.01. The molecule has 3 rings (SSSR count). The lowest BCUT2D eigenvalue weighted by molar-refractivity contribution is -0.146. The van der Waals surface area contributed by atoms with Crippen molar-refractivity contribution in [2.45, 2.75) is 25.3 Å². The molecular weight excluding hydrogens is 360 g/mol. The van der Waals surface area contributed by atoms with Crippen molar-refractivity contribution >= 4 is 23.5 Å². The third kappa shape index (κ3) is 5.57. The number of nitrogens with one attached hydrogen (secondary N) is 2. The van der Waals surface area contributed by atoms with Crippen LogP contribution in [0.1, 0.15) is 28.8 Å². The molecule has 2 N–H and O–H groups in total. The summed E-state index contributed by atoms with van der Waals surface area (Å²) in [5.74, 6) is -0.550. The highest BCUT2D eigenvalue weighted by Gasteiger charge is 2.25. The number of benzene rings is 2. The normalized spacial score (nSPS) is 12.8. The van der Waals surface area contributed by atoms with Crippen molar-refractivity contribution in [2.75, 3.05) is 19.0 Å². The highest BCUT2D eigenvalue weighted by molar-refractivity contribution is 6.04. The van der Waals surface area contributed by atoms with E-state index in [9.17, 15) is 14.4 Å². The maximum absolute atomic E-state index is 12.3. The zero-order valence-electron chi connectivity index (χ0n) is 15.6. The van der Waals surface area contributed by atoms with Crippen LogP contribution in [-0.2, 0) is 20.7 Å². The van der Waals surface area contributed by atoms with Crippen molar-refractivity contribution in [3.8, 4) is 5.75 Å². The molecule has 1 aliphatic carbocycles. The van der Waals surface area contributed by atoms with Crippen LogP contribution in [0.2, 0.25) is 0 Å². The Kier molecular flexibility index (Phi) is 6.26. The van der Waals surface area contributed by atoms with Crippen molar-refractivity contribution in [1.29, 1.82) is 0 Å². The zero-order chi connectivity index (χ0) is 19.9. The van der Waals surface area contributed by atoms with Gasteiger partial charge >= 0.3 is 5.97 Å². The molecule has 2 aromatic rings. The number of esters is 1. The lowest BCUT2D eigenvalue weighted by Gasteiger charge is -2.11. The zero-order valence-corrected chi connectivity index (χ0v) is 15.6. The summed E-state index contributed by atoms with van der Waals surface area (Å²) in [5, 5.41) is 5.51. The lowest BCUT2D eigenvalue weighted by atomic mass is 10.1. The molecule has 7 nitrogen and oxygen atoms in total. The summed E-state index contributed by atoms with van der Waals surface area (Å²) in [5.41, 5.74) is 1.53. The summed E-state index contributed by atoms with van der Waals surface area (Å²) in [4.78, 5) is 36.3. The van der Waals surface area contributed by atoms with Gasteiger partial charge in [-0.25, -0.2) is 0 Å². The van der Waals surface area contributed by atoms with E-state index >= 15 is 0 Å². The first kappa shape index (κ1) is 19.4. The van der Waals surface area contributed by atoms with Crippen molar-refractivity contribution in [3.63, 3.8) is 0 Å². The molecule has 0 unspecified atom stereocenters. The van der Waals surface area contributed by atoms with E-state index in [0.29, 0.717) is 17.0 Å². The smallest absolute Gasteiger partial charge is 0.310 e. The predicted molar refractivity (Wildman–Crippen MR) is 103 cm³/mol. The molecule has 0 aliphatic heterocycles. The van der Waals surface area contributed by atoms with E-state index < -0.39 is 18.5 Å². The average molecular weight is 382 g/mol. The van der Waals surface area contributed by atoms with E-state index in [0.717, 1.165) is 18.4 Å². The number of hydrogen-bond donors (Lipinski definition) is 2. The molecule has 0 atom stereocenters. The van der Waals surface area contributed by atoms with Crippen molar-refractivity contribution in [1.82, 2.24) is 5.32 Å². The van der Waals surface area contributed by atoms with Crippen molar-refractivity contribution < 1.29 is 23.9 Å². The first-order chi connectivity index (χ1) is 13.5. The van der Waals surface area contributed by atoms with Crippen LogP contribution in [0.25, 0.3) is 0 Å². The molecule has 7 heteroatoms. The standard InChI is InChI=1S/C21H22N2O5/c1-27-16-10-6-14(7-11-16)12-20(25)28-13-19(24)23-18-5-3-2-4-17(18)21(26)22-15-8-9-15/h2-7,10-11,15H,8-9,12-13H2,1H3,(H,22,26)(H,23,24). The molecule has 0 spiro atoms. The minimum atomic E-state index is -0.514. The summed E-state index contributed by atoms with van der Waals surface area (Å²) in [6.45, 7) is -0.423. The minimum absolute atomic E-state index is 0.0532. The van der Waals surface area contributed by atoms with E-state index in [1.807, 2.05) is 0 Å². The van der Waals surface area contributed by atoms with Gasteiger partial charge in [0.15, 0.2) is 6.61 Å². The molecule has 0 bridgehead atoms. The minimum Gasteiger partial charge on any atom is -0.497 e. The van der Waals surface area contributed by atoms with Gasteiger partial charge in [-0.2, -0.15) is 0 Å². The molecule has 0 heterocycles. The van der Waals surface area contributed by atoms with E-state index in [1.54, 1.807) is 55.6 Å². The van der Waals surface area contributed by atoms with Crippen LogP contribution in [0.15, 0.2) is 48.5 Å². The largest absolute Gasteiger partial charge is 0.497 e. The monoisotopic (exact) mass is 382 g/mol. The Labute approximate surface area is 163 Å². The second-order valence-electron chi connectivity index (χ2n) is 6.53. The third-order valence-corrected chi connectivity index (χ3v) is 4.23. The summed E-state index contributed by atoms with van der Waals surface area (Å²) < 4.78 is 10.1. The molecular formula is C21H22N2O5. The Bertz CT molecular complexity index is 859. The van der Waals surface area contributed by atoms with E-state index in [4.69, 9.17) is 9.47 Å². The summed E-state index contributed by atoms with van der Waals surface area (Å²) in [6, 6.07) is 14.0. The highest BCUT2D eigenvalue weighted by atomic mass is 16.5. The molecule has 1 saturated carbocycles. The maximum Gasteiger partial charge on any atom is 0.310 e. The van der Waals surface area contributed by atoms with E-state index in [1.165, 1.54) is 0 Å². The molecule has 28 heavy (non-hydrogen) atoms. The van der Waals surface area contributed by atoms with Gasteiger partial charge in [-0.15, -0.1) is 0 Å². The first-order valence-corrected chi connectivity index (χ1v) is 9.03. The van der Waals surface area contributed by atoms with Crippen LogP contribution in [0, 0.1) is 0 Å². The fourth-order valence-corrected chi connectivity index (χ4v) is 2.57. The molecule has 2 aromatic carbocycles. The third-order valence-electron chi connectivity index (χ3n) is 4.23. The van der Waals surface area contributed by atoms with Gasteiger partial charge in [-0.05, 0) is 42.7 Å². The Hall–Kier alpha value is -3.35. The molecule has 1 aliphatic rings. The van der Waals surface area contributed by atoms with Crippen LogP contribution >= 0.6 is 0 Å². The molecule has 0 saturated heterocycles. The maximum atomic E-state index is 12.3. The van der Waals surface area contributed by atoms with Gasteiger partial charge in [-0.3, -0.25) is 14.4 Å². The number of carbonyl (C=O) groups is 3. The van der Waals surface area contributed by atoms with Gasteiger partial charge in [0.1, 0.15) is 5.75 Å². The second-order valence-corrected chi connectivity index (χ2v) is 6.53. The Balaban J connectivity index is 1.49. The first-order valence-electron chi connectivity index (χ1n) is 9.03. The number of carbonyl (C=O) groups excluding carboxylic acids is 3. The fourth-order valence-electron chi connectivity index (χ4n) is 2.57. The number of rotatable bonds is 8. The van der Waals surface area contributed by atoms with Gasteiger partial charge < -0.3 is 20.1 Å². The lowest BCUT2D eigenvalue weighted by Crippen LogP contribution is -2.28. The van der Waals surface area contributed by atoms with Crippen LogP contribution in [0.5, 0.6) is 5.75 Å². The van der Waals surface area contributed by atoms with Gasteiger partial charge in [0.2, 0.25) is 0 Å². The van der Waals surface area contributed by atoms with Crippen molar-refractivity contribution in [2.24, 2.45) is 0 Å². The van der Waals surface area contributed by atoms with Crippen LogP contribution in [0.4, 0.5) is 5.69 Å². The summed E-state index contributed by atoms with van der Waals surface area (Å²) in [7, 11) is 1.57. The van der Waals surface area contributed by atoms with E-state index in [2.05, 4.69) is 10.6 Å². The van der Waals surface area contributed by atoms with E-state index in [-0.39, 0.29) is 18.4 Å². The fraction of sp³-hybridized carbons (Fsp3) is 0.286. The molecule has 0 aromatic heterocycles. The topological polar surface area (TPSA) is 93.7 Å². The van der Waals surface area contributed by atoms with Crippen LogP contribution < -0.4 is 15.4 Å². The number of amides is 2. The average Bonchev–Trinajstić information content (AvgIpc) is 3.51. The van der Waals surface area contributed by atoms with Gasteiger partial charge in [-0.1, -0.05) is 24.3 Å². The number of hydrogen-bond acceptors (Lipinski definition) is 5. The summed E-state index contributed by atoms with van der Waals surface area (Å²) >= 11 is 0. The Morgan fingerprint density at radius 3 is 2.43 bits per heavy atom. The molecule has 146 valence electrons. The SMILES string of the molecule is COc1ccc(CC(=O)OCC(=O)Nc2ccccc2C(=O)NC2CC2)cc1. The number of ether oxygens (including phenoxy) is 2. The van der Waals surface area contributed by atoms with Crippen LogP contribution in [0.3, 0.4) is 0 Å². The number of para-hydroxylation sites is 1. The quantitative estimate of drug-likeness (QED) is 0.684. The Morgan fingerprint density at radius 1 is 1.04 bits per heavy atom. The highest BCUT2D eigenvalue weighted by Crippen LogP contribution is 2.21. The second kappa shape index (κ2) is 9.03. The van der Waals surface area contributed by atoms with Gasteiger partial charge in [0.05, 0.1) is 24.8 Å². The molecule has 1 fully saturated rings. The number of anilines is 1. The van der Waals surface area contributed by atoms with Gasteiger partial charge in [0, 0.05) is 6.04 Å². The molecule has 2 amide bonds. The van der Waals surface area contributed by atoms with Crippen molar-refractivity contribution in [3.05, 3.63) is 59.7 Å². The number of methoxy groups -OCH3 is 1. The van der Waals surface area contributed by atoms with Crippen LogP contribution in [-0.4, -0.2) is 37.5 Å². The van der Waals surface area contributed by atoms with Gasteiger partial charge in [0.25, 0.3) is 11.8 Å². The molecule has 0 radical (unpaired) electrons. The Morgan fingerprint density at radius 2 is 1.75 bits per heavy atom.